The van der Waals surface area contributed by atoms with Crippen molar-refractivity contribution in [1.82, 2.24) is 19.2 Å². The van der Waals surface area contributed by atoms with E-state index in [1.165, 1.54) is 32.1 Å². The molecule has 14 atom stereocenters. The average Bonchev–Trinajstić information content (AvgIpc) is 1.29. The lowest BCUT2D eigenvalue weighted by Crippen LogP contribution is -2.57. The van der Waals surface area contributed by atoms with Crippen molar-refractivity contribution in [3.63, 3.8) is 0 Å². The molecule has 4 amide bonds. The molecule has 0 radical (unpaired) electrons. The van der Waals surface area contributed by atoms with Crippen LogP contribution in [-0.4, -0.2) is 150 Å². The molecule has 0 saturated heterocycles. The third-order valence-corrected chi connectivity index (χ3v) is 27.7. The average molecular weight is 1400 g/mol. The molecular weight excluding hydrogens is 1300 g/mol. The maximum Gasteiger partial charge on any atom is 0.264 e. The summed E-state index contributed by atoms with van der Waals surface area (Å²) in [5.41, 5.74) is 3.17. The number of allylic oxidation sites excluding steroid dienone is 2. The Bertz CT molecular complexity index is 3710. The molecule has 520 valence electrons. The fourth-order valence-electron chi connectivity index (χ4n) is 16.7. The summed E-state index contributed by atoms with van der Waals surface area (Å²) >= 11 is 12.9. The van der Waals surface area contributed by atoms with Crippen molar-refractivity contribution in [3.05, 3.63) is 141 Å². The summed E-state index contributed by atoms with van der Waals surface area (Å²) in [7, 11) is -1.27. The summed E-state index contributed by atoms with van der Waals surface area (Å²) < 4.78 is 71.4. The maximum absolute atomic E-state index is 13.5. The van der Waals surface area contributed by atoms with E-state index in [0.29, 0.717) is 85.2 Å². The molecule has 96 heavy (non-hydrogen) atoms. The van der Waals surface area contributed by atoms with Gasteiger partial charge in [0.2, 0.25) is 31.9 Å². The third-order valence-electron chi connectivity index (χ3n) is 23.4. The second kappa shape index (κ2) is 27.5. The summed E-state index contributed by atoms with van der Waals surface area (Å²) in [4.78, 5) is 61.3. The van der Waals surface area contributed by atoms with Crippen LogP contribution in [0.1, 0.15) is 149 Å². The van der Waals surface area contributed by atoms with E-state index in [4.69, 9.17) is 32.7 Å². The van der Waals surface area contributed by atoms with Gasteiger partial charge in [0.15, 0.2) is 0 Å². The standard InChI is InChI=1S/2C37H48ClN3O6S/c2*1-23-8-6-17-37(44,24(2)35(43)40(4)5)31-13-10-28(31)20-41-21-36(16-7-9-26-18-29(38)12-14-30(26)36)22-47-33-15-11-27(19-32(33)41)34(42)39-48(45,46)25(23)3/h2*6,11-12,14-15,17-19,23-25,28,31,44H,7-10,13,16,20-22H2,1-5H3,(H,39,42)/b2*17-6+/t23-,24+,25+,28-,31+,36-,37-;23-,24-,25+,28-,31+,36-,37+/m00/s1. The first-order valence-electron chi connectivity index (χ1n) is 34.3. The van der Waals surface area contributed by atoms with E-state index >= 15 is 0 Å². The van der Waals surface area contributed by atoms with Crippen molar-refractivity contribution in [3.8, 4) is 11.5 Å². The molecule has 0 aromatic heterocycles. The topological polar surface area (TPSA) is 232 Å². The predicted molar refractivity (Wildman–Crippen MR) is 376 cm³/mol. The van der Waals surface area contributed by atoms with Crippen molar-refractivity contribution >= 4 is 78.3 Å². The van der Waals surface area contributed by atoms with Crippen LogP contribution in [0, 0.1) is 47.3 Å². The van der Waals surface area contributed by atoms with Crippen LogP contribution in [0.5, 0.6) is 11.5 Å². The number of nitrogens with one attached hydrogen (secondary N) is 2. The Labute approximate surface area is 577 Å². The Morgan fingerprint density at radius 1 is 0.583 bits per heavy atom. The quantitative estimate of drug-likeness (QED) is 0.139. The lowest BCUT2D eigenvalue weighted by Gasteiger charge is -2.51. The lowest BCUT2D eigenvalue weighted by molar-refractivity contribution is -0.148. The van der Waals surface area contributed by atoms with E-state index < -0.39 is 65.4 Å². The number of aryl methyl sites for hydroxylation is 2. The highest BCUT2D eigenvalue weighted by atomic mass is 35.5. The molecule has 4 aromatic rings. The highest BCUT2D eigenvalue weighted by molar-refractivity contribution is 7.91. The minimum absolute atomic E-state index is 0.0513. The first kappa shape index (κ1) is 71.1. The molecule has 2 saturated carbocycles. The number of carbonyl (C=O) groups excluding carboxylic acids is 4. The van der Waals surface area contributed by atoms with E-state index in [-0.39, 0.29) is 69.3 Å². The monoisotopic (exact) mass is 1390 g/mol. The van der Waals surface area contributed by atoms with E-state index in [9.17, 15) is 46.2 Å². The zero-order valence-corrected chi connectivity index (χ0v) is 60.2. The summed E-state index contributed by atoms with van der Waals surface area (Å²) in [6.45, 7) is 13.6. The first-order chi connectivity index (χ1) is 45.3. The van der Waals surface area contributed by atoms with Crippen LogP contribution in [0.3, 0.4) is 0 Å². The highest BCUT2D eigenvalue weighted by Gasteiger charge is 2.54. The molecule has 2 spiro atoms. The highest BCUT2D eigenvalue weighted by Crippen LogP contribution is 2.53. The van der Waals surface area contributed by atoms with Gasteiger partial charge in [0.25, 0.3) is 11.8 Å². The number of hydrogen-bond acceptors (Lipinski definition) is 14. The zero-order valence-electron chi connectivity index (χ0n) is 57.1. The number of carbonyl (C=O) groups is 4. The van der Waals surface area contributed by atoms with Gasteiger partial charge in [0, 0.05) is 86.4 Å². The number of rotatable bonds is 4. The van der Waals surface area contributed by atoms with Crippen molar-refractivity contribution in [2.24, 2.45) is 47.3 Å². The van der Waals surface area contributed by atoms with E-state index in [1.807, 2.05) is 50.3 Å². The van der Waals surface area contributed by atoms with Gasteiger partial charge in [-0.2, -0.15) is 0 Å². The van der Waals surface area contributed by atoms with Gasteiger partial charge in [0.1, 0.15) is 11.5 Å². The van der Waals surface area contributed by atoms with Gasteiger partial charge >= 0.3 is 0 Å². The molecule has 4 bridgehead atoms. The Balaban J connectivity index is 0.000000195. The van der Waals surface area contributed by atoms with Gasteiger partial charge in [-0.1, -0.05) is 87.3 Å². The fraction of sp³-hybridized carbons (Fsp3) is 0.568. The Kier molecular flexibility index (Phi) is 20.4. The van der Waals surface area contributed by atoms with Gasteiger partial charge in [-0.3, -0.25) is 19.2 Å². The van der Waals surface area contributed by atoms with E-state index in [2.05, 4.69) is 31.4 Å². The molecule has 4 heterocycles. The number of ether oxygens (including phenoxy) is 2. The van der Waals surface area contributed by atoms with E-state index in [1.54, 1.807) is 104 Å². The second-order valence-corrected chi connectivity index (χ2v) is 34.7. The largest absolute Gasteiger partial charge is 0.490 e. The van der Waals surface area contributed by atoms with Gasteiger partial charge in [-0.05, 0) is 209 Å². The number of nitrogens with zero attached hydrogens (tertiary/aromatic N) is 4. The van der Waals surface area contributed by atoms with Gasteiger partial charge in [0.05, 0.1) is 58.1 Å². The van der Waals surface area contributed by atoms with Crippen LogP contribution in [0.25, 0.3) is 0 Å². The van der Waals surface area contributed by atoms with Crippen molar-refractivity contribution in [2.45, 2.75) is 151 Å². The molecule has 4 aliphatic carbocycles. The Hall–Kier alpha value is -6.16. The van der Waals surface area contributed by atoms with Gasteiger partial charge in [-0.15, -0.1) is 0 Å². The lowest BCUT2D eigenvalue weighted by atomic mass is 9.60. The predicted octanol–water partition coefficient (Wildman–Crippen LogP) is 10.7. The van der Waals surface area contributed by atoms with E-state index in [0.717, 1.165) is 64.2 Å². The number of fused-ring (bicyclic) bond motifs is 8. The number of benzene rings is 4. The summed E-state index contributed by atoms with van der Waals surface area (Å²) in [5, 5.41) is 24.6. The zero-order chi connectivity index (χ0) is 69.2. The Morgan fingerprint density at radius 2 is 0.969 bits per heavy atom. The third kappa shape index (κ3) is 13.7. The molecule has 12 rings (SSSR count). The molecule has 4 aromatic carbocycles. The molecular formula is C74H96Cl2N6O12S2. The number of anilines is 2. The number of aliphatic hydroxyl groups is 2. The maximum atomic E-state index is 13.5. The number of halogens is 2. The first-order valence-corrected chi connectivity index (χ1v) is 38.1. The van der Waals surface area contributed by atoms with Crippen molar-refractivity contribution in [2.75, 3.05) is 77.4 Å². The number of amides is 4. The molecule has 0 unspecified atom stereocenters. The molecule has 2 fully saturated rings. The van der Waals surface area contributed by atoms with Crippen molar-refractivity contribution < 1.29 is 55.7 Å². The van der Waals surface area contributed by atoms with Gasteiger partial charge < -0.3 is 39.3 Å². The number of sulfonamides is 2. The van der Waals surface area contributed by atoms with Crippen LogP contribution in [-0.2, 0) is 53.3 Å². The van der Waals surface area contributed by atoms with Crippen LogP contribution in [0.4, 0.5) is 11.4 Å². The molecule has 8 aliphatic rings. The Morgan fingerprint density at radius 3 is 1.32 bits per heavy atom. The SMILES string of the molecule is C[C@@H]1[C@@H](C)C/C=C/[C@@](O)([C@@H](C)C(=O)N(C)C)[C@@H]2CC[C@H]2CN2C[C@@]3(CCCc4cc(Cl)ccc43)COc3ccc(cc32)C(=O)NS1(=O)=O.C[C@H](C(=O)N(C)C)[C@@]1(O)/C=C/C[C@H](C)[C@@H](C)S(=O)(=O)NC(=O)c2ccc3c(c2)N(C[C@@H]2CC[C@H]21)C[C@@]1(CCCc2cc(Cl)ccc21)CO3. The summed E-state index contributed by atoms with van der Waals surface area (Å²) in [6.07, 6.45) is 16.7. The van der Waals surface area contributed by atoms with Crippen LogP contribution >= 0.6 is 23.2 Å². The second-order valence-electron chi connectivity index (χ2n) is 29.7. The van der Waals surface area contributed by atoms with Crippen molar-refractivity contribution in [1.29, 1.82) is 0 Å². The van der Waals surface area contributed by atoms with Gasteiger partial charge in [-0.25, -0.2) is 26.3 Å². The fourth-order valence-corrected chi connectivity index (χ4v) is 19.7. The number of hydrogen-bond donors (Lipinski definition) is 4. The van der Waals surface area contributed by atoms with Crippen LogP contribution in [0.15, 0.2) is 97.1 Å². The minimum Gasteiger partial charge on any atom is -0.490 e. The molecule has 4 N–H and O–H groups in total. The normalized spacial score (nSPS) is 32.7. The summed E-state index contributed by atoms with van der Waals surface area (Å²) in [6, 6.07) is 22.4. The molecule has 22 heteroatoms. The minimum atomic E-state index is -4.03. The van der Waals surface area contributed by atoms with Crippen LogP contribution in [0.2, 0.25) is 10.0 Å². The molecule has 4 aliphatic heterocycles. The summed E-state index contributed by atoms with van der Waals surface area (Å²) in [5.74, 6) is -2.88. The molecule has 18 nitrogen and oxygen atoms in total. The van der Waals surface area contributed by atoms with Crippen LogP contribution < -0.4 is 28.7 Å². The smallest absolute Gasteiger partial charge is 0.264 e.